The molecule has 26 heavy (non-hydrogen) atoms. The molecule has 10 nitrogen and oxygen atoms in total. The van der Waals surface area contributed by atoms with Crippen LogP contribution in [-0.2, 0) is 10.0 Å². The van der Waals surface area contributed by atoms with E-state index in [0.717, 1.165) is 0 Å². The Kier molecular flexibility index (Phi) is 5.00. The summed E-state index contributed by atoms with van der Waals surface area (Å²) in [6.07, 6.45) is 3.45. The van der Waals surface area contributed by atoms with Crippen molar-refractivity contribution in [1.29, 1.82) is 0 Å². The van der Waals surface area contributed by atoms with E-state index in [1.807, 2.05) is 0 Å². The molecule has 0 amide bonds. The number of sulfonamides is 1. The van der Waals surface area contributed by atoms with Gasteiger partial charge in [0.05, 0.1) is 11.4 Å². The van der Waals surface area contributed by atoms with Crippen molar-refractivity contribution in [2.24, 2.45) is 0 Å². The van der Waals surface area contributed by atoms with E-state index in [2.05, 4.69) is 35.3 Å². The molecule has 3 aromatic heterocycles. The maximum absolute atomic E-state index is 12.4. The lowest BCUT2D eigenvalue weighted by atomic mass is 10.4. The zero-order valence-corrected chi connectivity index (χ0v) is 15.5. The quantitative estimate of drug-likeness (QED) is 0.517. The van der Waals surface area contributed by atoms with Gasteiger partial charge in [0.2, 0.25) is 10.0 Å². The van der Waals surface area contributed by atoms with Crippen molar-refractivity contribution in [1.82, 2.24) is 34.7 Å². The van der Waals surface area contributed by atoms with Crippen LogP contribution in [0.25, 0.3) is 5.82 Å². The van der Waals surface area contributed by atoms with Crippen LogP contribution in [0.5, 0.6) is 0 Å². The number of rotatable bonds is 7. The summed E-state index contributed by atoms with van der Waals surface area (Å²) >= 11 is 0. The molecule has 0 unspecified atom stereocenters. The first kappa shape index (κ1) is 18.0. The molecule has 0 bridgehead atoms. The summed E-state index contributed by atoms with van der Waals surface area (Å²) in [4.78, 5) is 8.82. The predicted molar refractivity (Wildman–Crippen MR) is 95.6 cm³/mol. The second-order valence-electron chi connectivity index (χ2n) is 5.70. The minimum atomic E-state index is -3.62. The SMILES string of the molecule is Cc1nc(NCCNS(=O)(=O)c2c(C)n[nH]c2C)cc(-n2cccn2)n1. The van der Waals surface area contributed by atoms with Gasteiger partial charge < -0.3 is 5.32 Å². The zero-order chi connectivity index (χ0) is 18.7. The number of anilines is 1. The van der Waals surface area contributed by atoms with Crippen molar-refractivity contribution in [3.8, 4) is 5.82 Å². The number of aromatic amines is 1. The van der Waals surface area contributed by atoms with Crippen molar-refractivity contribution in [2.45, 2.75) is 25.7 Å². The average Bonchev–Trinajstić information content (AvgIpc) is 3.21. The molecule has 0 saturated heterocycles. The molecule has 0 saturated carbocycles. The van der Waals surface area contributed by atoms with Crippen molar-refractivity contribution in [3.63, 3.8) is 0 Å². The van der Waals surface area contributed by atoms with Crippen LogP contribution in [0.2, 0.25) is 0 Å². The average molecular weight is 376 g/mol. The van der Waals surface area contributed by atoms with Gasteiger partial charge in [0.25, 0.3) is 0 Å². The van der Waals surface area contributed by atoms with Gasteiger partial charge in [-0.2, -0.15) is 10.2 Å². The Morgan fingerprint density at radius 3 is 2.65 bits per heavy atom. The van der Waals surface area contributed by atoms with E-state index in [4.69, 9.17) is 0 Å². The minimum absolute atomic E-state index is 0.191. The van der Waals surface area contributed by atoms with Crippen LogP contribution < -0.4 is 10.0 Å². The van der Waals surface area contributed by atoms with E-state index in [0.29, 0.717) is 35.4 Å². The molecule has 3 aromatic rings. The first-order valence-corrected chi connectivity index (χ1v) is 9.46. The largest absolute Gasteiger partial charge is 0.369 e. The number of hydrogen-bond donors (Lipinski definition) is 3. The summed E-state index contributed by atoms with van der Waals surface area (Å²) in [5.74, 6) is 1.82. The van der Waals surface area contributed by atoms with E-state index < -0.39 is 10.0 Å². The van der Waals surface area contributed by atoms with Crippen LogP contribution in [0.15, 0.2) is 29.4 Å². The maximum atomic E-state index is 12.4. The van der Waals surface area contributed by atoms with Crippen molar-refractivity contribution in [3.05, 3.63) is 41.7 Å². The first-order valence-electron chi connectivity index (χ1n) is 7.97. The lowest BCUT2D eigenvalue weighted by molar-refractivity contribution is 0.581. The van der Waals surface area contributed by atoms with Gasteiger partial charge in [0.1, 0.15) is 16.5 Å². The molecule has 0 atom stereocenters. The molecule has 3 rings (SSSR count). The highest BCUT2D eigenvalue weighted by Crippen LogP contribution is 2.16. The number of hydrogen-bond acceptors (Lipinski definition) is 7. The van der Waals surface area contributed by atoms with Gasteiger partial charge in [-0.3, -0.25) is 5.10 Å². The van der Waals surface area contributed by atoms with Gasteiger partial charge in [-0.1, -0.05) is 0 Å². The third kappa shape index (κ3) is 3.89. The van der Waals surface area contributed by atoms with Gasteiger partial charge >= 0.3 is 0 Å². The monoisotopic (exact) mass is 376 g/mol. The van der Waals surface area contributed by atoms with Gasteiger partial charge in [-0.25, -0.2) is 27.8 Å². The summed E-state index contributed by atoms with van der Waals surface area (Å²) in [6.45, 7) is 5.67. The van der Waals surface area contributed by atoms with E-state index in [-0.39, 0.29) is 11.4 Å². The fourth-order valence-corrected chi connectivity index (χ4v) is 3.95. The Balaban J connectivity index is 1.62. The highest BCUT2D eigenvalue weighted by Gasteiger charge is 2.21. The second kappa shape index (κ2) is 7.22. The van der Waals surface area contributed by atoms with Crippen LogP contribution in [0.3, 0.4) is 0 Å². The number of aryl methyl sites for hydroxylation is 3. The Labute approximate surface area is 151 Å². The summed E-state index contributed by atoms with van der Waals surface area (Å²) in [7, 11) is -3.62. The Bertz CT molecular complexity index is 975. The first-order chi connectivity index (χ1) is 12.4. The Hall–Kier alpha value is -2.79. The smallest absolute Gasteiger partial charge is 0.244 e. The Morgan fingerprint density at radius 1 is 1.19 bits per heavy atom. The Morgan fingerprint density at radius 2 is 2.00 bits per heavy atom. The predicted octanol–water partition coefficient (Wildman–Crippen LogP) is 0.701. The second-order valence-corrected chi connectivity index (χ2v) is 7.40. The number of nitrogens with zero attached hydrogens (tertiary/aromatic N) is 5. The topological polar surface area (TPSA) is 130 Å². The van der Waals surface area contributed by atoms with Crippen LogP contribution in [0.4, 0.5) is 5.82 Å². The van der Waals surface area contributed by atoms with Gasteiger partial charge in [-0.15, -0.1) is 0 Å². The van der Waals surface area contributed by atoms with E-state index in [9.17, 15) is 8.42 Å². The van der Waals surface area contributed by atoms with Gasteiger partial charge in [0.15, 0.2) is 5.82 Å². The molecule has 3 N–H and O–H groups in total. The summed E-state index contributed by atoms with van der Waals surface area (Å²) in [6, 6.07) is 3.55. The molecule has 138 valence electrons. The number of aromatic nitrogens is 6. The zero-order valence-electron chi connectivity index (χ0n) is 14.7. The highest BCUT2D eigenvalue weighted by atomic mass is 32.2. The van der Waals surface area contributed by atoms with Crippen molar-refractivity contribution >= 4 is 15.8 Å². The maximum Gasteiger partial charge on any atom is 0.244 e. The fourth-order valence-electron chi connectivity index (χ4n) is 2.55. The van der Waals surface area contributed by atoms with E-state index >= 15 is 0 Å². The third-order valence-electron chi connectivity index (χ3n) is 3.62. The lowest BCUT2D eigenvalue weighted by Gasteiger charge is -2.10. The number of H-pyrrole nitrogens is 1. The lowest BCUT2D eigenvalue weighted by Crippen LogP contribution is -2.29. The molecular weight excluding hydrogens is 356 g/mol. The van der Waals surface area contributed by atoms with Crippen molar-refractivity contribution in [2.75, 3.05) is 18.4 Å². The summed E-state index contributed by atoms with van der Waals surface area (Å²) < 4.78 is 28.9. The third-order valence-corrected chi connectivity index (χ3v) is 5.34. The summed E-state index contributed by atoms with van der Waals surface area (Å²) in [5, 5.41) is 13.8. The van der Waals surface area contributed by atoms with Gasteiger partial charge in [0, 0.05) is 31.5 Å². The van der Waals surface area contributed by atoms with Crippen molar-refractivity contribution < 1.29 is 8.42 Å². The molecule has 0 aliphatic heterocycles. The van der Waals surface area contributed by atoms with Crippen LogP contribution in [0.1, 0.15) is 17.2 Å². The molecule has 3 heterocycles. The van der Waals surface area contributed by atoms with Gasteiger partial charge in [-0.05, 0) is 26.8 Å². The fraction of sp³-hybridized carbons (Fsp3) is 0.333. The number of nitrogens with one attached hydrogen (secondary N) is 3. The van der Waals surface area contributed by atoms with Crippen LogP contribution in [0, 0.1) is 20.8 Å². The minimum Gasteiger partial charge on any atom is -0.369 e. The highest BCUT2D eigenvalue weighted by molar-refractivity contribution is 7.89. The molecule has 0 radical (unpaired) electrons. The molecule has 0 aliphatic carbocycles. The molecule has 0 aliphatic rings. The van der Waals surface area contributed by atoms with Crippen LogP contribution in [-0.4, -0.2) is 51.5 Å². The standard InChI is InChI=1S/C15H20N8O2S/c1-10-15(11(2)22-21-10)26(24,25)18-7-6-16-13-9-14(20-12(3)19-13)23-8-4-5-17-23/h4-5,8-9,18H,6-7H2,1-3H3,(H,21,22)(H,16,19,20). The summed E-state index contributed by atoms with van der Waals surface area (Å²) in [5.41, 5.74) is 0.955. The molecule has 11 heteroatoms. The molecule has 0 spiro atoms. The molecular formula is C15H20N8O2S. The van der Waals surface area contributed by atoms with E-state index in [1.165, 1.54) is 0 Å². The van der Waals surface area contributed by atoms with E-state index in [1.54, 1.807) is 50.0 Å². The molecule has 0 aromatic carbocycles. The van der Waals surface area contributed by atoms with Crippen LogP contribution >= 0.6 is 0 Å². The molecule has 0 fully saturated rings. The normalized spacial score (nSPS) is 11.7.